The third-order valence-corrected chi connectivity index (χ3v) is 10.5. The van der Waals surface area contributed by atoms with Crippen LogP contribution in [0.25, 0.3) is 11.1 Å². The van der Waals surface area contributed by atoms with Crippen molar-refractivity contribution in [2.75, 3.05) is 26.2 Å². The van der Waals surface area contributed by atoms with Crippen molar-refractivity contribution in [3.8, 4) is 11.1 Å². The Morgan fingerprint density at radius 2 is 1.51 bits per heavy atom. The van der Waals surface area contributed by atoms with Crippen LogP contribution in [-0.4, -0.2) is 71.2 Å². The van der Waals surface area contributed by atoms with Gasteiger partial charge in [-0.2, -0.15) is 13.2 Å². The molecule has 3 aliphatic rings. The average molecular weight is 708 g/mol. The molecule has 6 rings (SSSR count). The summed E-state index contributed by atoms with van der Waals surface area (Å²) in [6.07, 6.45) is 0.815. The van der Waals surface area contributed by atoms with Gasteiger partial charge in [-0.1, -0.05) is 86.8 Å². The van der Waals surface area contributed by atoms with E-state index in [0.29, 0.717) is 11.3 Å². The Morgan fingerprint density at radius 3 is 2.22 bits per heavy atom. The number of hydrogen-bond donors (Lipinski definition) is 2. The maximum Gasteiger partial charge on any atom is 0.471 e. The number of hydrogen-bond acceptors (Lipinski definition) is 6. The van der Waals surface area contributed by atoms with Crippen LogP contribution >= 0.6 is 0 Å². The Hall–Kier alpha value is -3.77. The normalized spacial score (nSPS) is 24.9. The molecule has 3 aromatic rings. The Labute approximate surface area is 297 Å². The summed E-state index contributed by atoms with van der Waals surface area (Å²) in [5.41, 5.74) is 5.36. The lowest BCUT2D eigenvalue weighted by Crippen LogP contribution is -2.50. The Bertz CT molecular complexity index is 1630. The summed E-state index contributed by atoms with van der Waals surface area (Å²) in [4.78, 5) is 27.9. The number of carbonyl (C=O) groups excluding carboxylic acids is 2. The molecule has 3 aromatic carbocycles. The van der Waals surface area contributed by atoms with Crippen molar-refractivity contribution in [1.29, 1.82) is 0 Å². The van der Waals surface area contributed by atoms with Gasteiger partial charge in [-0.3, -0.25) is 9.59 Å². The summed E-state index contributed by atoms with van der Waals surface area (Å²) in [6.45, 7) is 5.13. The van der Waals surface area contributed by atoms with E-state index in [4.69, 9.17) is 9.47 Å². The molecule has 0 aromatic heterocycles. The maximum absolute atomic E-state index is 13.1. The monoisotopic (exact) mass is 707 g/mol. The summed E-state index contributed by atoms with van der Waals surface area (Å²) in [5.74, 6) is -2.48. The molecule has 8 nitrogen and oxygen atoms in total. The largest absolute Gasteiger partial charge is 0.471 e. The van der Waals surface area contributed by atoms with Gasteiger partial charge in [0.05, 0.1) is 18.8 Å². The first-order chi connectivity index (χ1) is 24.6. The maximum atomic E-state index is 13.1. The Morgan fingerprint density at radius 1 is 0.824 bits per heavy atom. The van der Waals surface area contributed by atoms with Crippen LogP contribution in [0.15, 0.2) is 72.8 Å². The highest BCUT2D eigenvalue weighted by atomic mass is 19.4. The fourth-order valence-electron chi connectivity index (χ4n) is 7.56. The fraction of sp³-hybridized carbons (Fsp3) is 0.500. The molecule has 0 unspecified atom stereocenters. The van der Waals surface area contributed by atoms with Crippen LogP contribution < -0.4 is 5.32 Å². The molecular formula is C40H48F3N3O5. The van der Waals surface area contributed by atoms with Gasteiger partial charge in [-0.05, 0) is 78.7 Å². The van der Waals surface area contributed by atoms with Crippen molar-refractivity contribution < 1.29 is 37.3 Å². The standard InChI is InChI=1S/C40H48F3N3O5/c1-27-35(25-45-19-5-3-2-4-6-20-45)50-38(51-36(27)30-17-15-28(26-47)16-18-30)33-13-8-12-32(23-33)31-11-7-10-29(22-31)24-44-37(48)34-14-9-21-46(34)39(49)40(41,42)43/h7-8,10-13,15-18,22-23,27,34-36,38,47H,2-6,9,14,19-21,24-26H2,1H3,(H,44,48)/t27-,34-,35+,36+,38+/m0/s1. The van der Waals surface area contributed by atoms with Crippen LogP contribution in [0.2, 0.25) is 0 Å². The molecule has 0 radical (unpaired) electrons. The summed E-state index contributed by atoms with van der Waals surface area (Å²) >= 11 is 0. The van der Waals surface area contributed by atoms with E-state index >= 15 is 0 Å². The van der Waals surface area contributed by atoms with Crippen molar-refractivity contribution in [3.05, 3.63) is 95.1 Å². The lowest BCUT2D eigenvalue weighted by molar-refractivity contribution is -0.276. The minimum atomic E-state index is -5.02. The zero-order valence-electron chi connectivity index (χ0n) is 29.1. The van der Waals surface area contributed by atoms with Crippen molar-refractivity contribution >= 4 is 11.8 Å². The zero-order chi connectivity index (χ0) is 36.0. The first-order valence-corrected chi connectivity index (χ1v) is 18.2. The fourth-order valence-corrected chi connectivity index (χ4v) is 7.56. The summed E-state index contributed by atoms with van der Waals surface area (Å²) in [5, 5.41) is 12.4. The molecule has 3 heterocycles. The SMILES string of the molecule is C[C@H]1[C@@H](CN2CCCCCCC2)O[C@@H](c2cccc(-c3cccc(CNC(=O)[C@@H]4CCCN4C(=O)C(F)(F)F)c3)c2)O[C@H]1c1ccc(CO)cc1. The molecule has 3 fully saturated rings. The van der Waals surface area contributed by atoms with E-state index in [1.807, 2.05) is 66.7 Å². The van der Waals surface area contributed by atoms with Crippen molar-refractivity contribution in [2.45, 2.75) is 95.7 Å². The van der Waals surface area contributed by atoms with Crippen LogP contribution in [0.1, 0.15) is 86.5 Å². The topological polar surface area (TPSA) is 91.3 Å². The van der Waals surface area contributed by atoms with E-state index in [2.05, 4.69) is 23.2 Å². The lowest BCUT2D eigenvalue weighted by Gasteiger charge is -2.43. The highest BCUT2D eigenvalue weighted by molar-refractivity contribution is 5.90. The molecule has 2 amide bonds. The van der Waals surface area contributed by atoms with E-state index < -0.39 is 30.3 Å². The number of rotatable bonds is 9. The minimum absolute atomic E-state index is 0.0207. The van der Waals surface area contributed by atoms with Gasteiger partial charge in [0.1, 0.15) is 6.04 Å². The molecule has 5 atom stereocenters. The van der Waals surface area contributed by atoms with Crippen LogP contribution in [0.4, 0.5) is 13.2 Å². The minimum Gasteiger partial charge on any atom is -0.392 e. The second-order valence-electron chi connectivity index (χ2n) is 14.1. The quantitative estimate of drug-likeness (QED) is 0.247. The summed E-state index contributed by atoms with van der Waals surface area (Å²) in [7, 11) is 0. The smallest absolute Gasteiger partial charge is 0.392 e. The van der Waals surface area contributed by atoms with E-state index in [9.17, 15) is 27.9 Å². The molecule has 0 spiro atoms. The van der Waals surface area contributed by atoms with Crippen LogP contribution in [-0.2, 0) is 32.2 Å². The van der Waals surface area contributed by atoms with Gasteiger partial charge in [-0.25, -0.2) is 0 Å². The van der Waals surface area contributed by atoms with E-state index in [0.717, 1.165) is 53.0 Å². The second-order valence-corrected chi connectivity index (χ2v) is 14.1. The molecule has 274 valence electrons. The summed E-state index contributed by atoms with van der Waals surface area (Å²) in [6, 6.07) is 22.4. The van der Waals surface area contributed by atoms with E-state index in [1.165, 1.54) is 32.1 Å². The molecule has 3 aliphatic heterocycles. The molecule has 0 aliphatic carbocycles. The Kier molecular flexibility index (Phi) is 12.1. The highest BCUT2D eigenvalue weighted by Crippen LogP contribution is 2.42. The summed E-state index contributed by atoms with van der Waals surface area (Å²) < 4.78 is 52.7. The number of nitrogens with one attached hydrogen (secondary N) is 1. The van der Waals surface area contributed by atoms with Crippen LogP contribution in [0, 0.1) is 5.92 Å². The first kappa shape index (κ1) is 37.0. The molecule has 2 N–H and O–H groups in total. The number of amides is 2. The van der Waals surface area contributed by atoms with Crippen LogP contribution in [0.3, 0.4) is 0 Å². The first-order valence-electron chi connectivity index (χ1n) is 18.2. The van der Waals surface area contributed by atoms with Gasteiger partial charge in [0.2, 0.25) is 5.91 Å². The predicted octanol–water partition coefficient (Wildman–Crippen LogP) is 7.07. The van der Waals surface area contributed by atoms with Gasteiger partial charge < -0.3 is 29.7 Å². The van der Waals surface area contributed by atoms with E-state index in [-0.39, 0.29) is 44.2 Å². The van der Waals surface area contributed by atoms with Crippen LogP contribution in [0.5, 0.6) is 0 Å². The molecule has 0 bridgehead atoms. The number of aliphatic hydroxyl groups is 1. The predicted molar refractivity (Wildman–Crippen MR) is 187 cm³/mol. The highest BCUT2D eigenvalue weighted by Gasteiger charge is 2.47. The third-order valence-electron chi connectivity index (χ3n) is 10.5. The number of benzene rings is 3. The van der Waals surface area contributed by atoms with Gasteiger partial charge in [0.25, 0.3) is 0 Å². The third kappa shape index (κ3) is 9.18. The van der Waals surface area contributed by atoms with Crippen molar-refractivity contribution in [1.82, 2.24) is 15.1 Å². The van der Waals surface area contributed by atoms with Gasteiger partial charge >= 0.3 is 12.1 Å². The number of halogens is 3. The number of nitrogens with zero attached hydrogens (tertiary/aromatic N) is 2. The van der Waals surface area contributed by atoms with Crippen molar-refractivity contribution in [2.24, 2.45) is 5.92 Å². The second kappa shape index (κ2) is 16.7. The lowest BCUT2D eigenvalue weighted by atomic mass is 9.89. The van der Waals surface area contributed by atoms with Crippen molar-refractivity contribution in [3.63, 3.8) is 0 Å². The molecule has 11 heteroatoms. The number of alkyl halides is 3. The van der Waals surface area contributed by atoms with Gasteiger partial charge in [0, 0.05) is 31.1 Å². The zero-order valence-corrected chi connectivity index (χ0v) is 29.1. The number of likely N-dealkylation sites (tertiary alicyclic amines) is 2. The molecular weight excluding hydrogens is 659 g/mol. The van der Waals surface area contributed by atoms with Gasteiger partial charge in [0.15, 0.2) is 6.29 Å². The molecule has 3 saturated heterocycles. The molecule has 0 saturated carbocycles. The van der Waals surface area contributed by atoms with Gasteiger partial charge in [-0.15, -0.1) is 0 Å². The van der Waals surface area contributed by atoms with E-state index in [1.54, 1.807) is 0 Å². The average Bonchev–Trinajstić information content (AvgIpc) is 3.62. The number of ether oxygens (including phenoxy) is 2. The number of aliphatic hydroxyl groups excluding tert-OH is 1. The number of carbonyl (C=O) groups is 2. The molecule has 51 heavy (non-hydrogen) atoms. The Balaban J connectivity index is 1.18.